The molecule has 14 heavy (non-hydrogen) atoms. The molecule has 0 unspecified atom stereocenters. The number of ether oxygens (including phenoxy) is 1. The van der Waals surface area contributed by atoms with Crippen molar-refractivity contribution in [2.75, 3.05) is 12.3 Å². The van der Waals surface area contributed by atoms with Crippen molar-refractivity contribution in [2.24, 2.45) is 0 Å². The fraction of sp³-hybridized carbons (Fsp3) is 0.222. The molecule has 0 heterocycles. The van der Waals surface area contributed by atoms with E-state index in [0.717, 1.165) is 6.07 Å². The Bertz CT molecular complexity index is 368. The van der Waals surface area contributed by atoms with Gasteiger partial charge >= 0.3 is 5.97 Å². The predicted octanol–water partition coefficient (Wildman–Crippen LogP) is 2.35. The first-order chi connectivity index (χ1) is 6.57. The molecule has 0 aromatic heterocycles. The molecule has 1 rings (SSSR count). The highest BCUT2D eigenvalue weighted by atomic mass is 79.9. The first-order valence-corrected chi connectivity index (χ1v) is 4.77. The van der Waals surface area contributed by atoms with E-state index in [2.05, 4.69) is 20.7 Å². The molecule has 0 radical (unpaired) electrons. The summed E-state index contributed by atoms with van der Waals surface area (Å²) in [6.07, 6.45) is 0. The SMILES string of the molecule is CCOC(=O)c1c(F)ccc(N)c1Br. The normalized spacial score (nSPS) is 9.93. The Morgan fingerprint density at radius 2 is 2.29 bits per heavy atom. The molecule has 2 N–H and O–H groups in total. The Labute approximate surface area is 89.2 Å². The van der Waals surface area contributed by atoms with Crippen molar-refractivity contribution in [3.63, 3.8) is 0 Å². The van der Waals surface area contributed by atoms with E-state index in [0.29, 0.717) is 5.69 Å². The van der Waals surface area contributed by atoms with Gasteiger partial charge in [-0.05, 0) is 35.0 Å². The maximum absolute atomic E-state index is 13.2. The number of nitrogens with two attached hydrogens (primary N) is 1. The topological polar surface area (TPSA) is 52.3 Å². The van der Waals surface area contributed by atoms with Crippen LogP contribution in [-0.2, 0) is 4.74 Å². The number of benzene rings is 1. The molecule has 0 aliphatic carbocycles. The van der Waals surface area contributed by atoms with E-state index in [9.17, 15) is 9.18 Å². The summed E-state index contributed by atoms with van der Waals surface area (Å²) in [5.41, 5.74) is 5.64. The van der Waals surface area contributed by atoms with E-state index >= 15 is 0 Å². The average Bonchev–Trinajstić information content (AvgIpc) is 2.13. The Kier molecular flexibility index (Phi) is 3.46. The van der Waals surface area contributed by atoms with Gasteiger partial charge in [-0.25, -0.2) is 9.18 Å². The van der Waals surface area contributed by atoms with Crippen LogP contribution in [0.1, 0.15) is 17.3 Å². The molecule has 76 valence electrons. The number of nitrogen functional groups attached to an aromatic ring is 1. The van der Waals surface area contributed by atoms with Gasteiger partial charge in [-0.15, -0.1) is 0 Å². The van der Waals surface area contributed by atoms with Crippen molar-refractivity contribution in [1.29, 1.82) is 0 Å². The second kappa shape index (κ2) is 4.41. The van der Waals surface area contributed by atoms with Crippen LogP contribution < -0.4 is 5.73 Å². The molecule has 0 aliphatic rings. The van der Waals surface area contributed by atoms with Crippen LogP contribution in [-0.4, -0.2) is 12.6 Å². The predicted molar refractivity (Wildman–Crippen MR) is 54.5 cm³/mol. The number of hydrogen-bond acceptors (Lipinski definition) is 3. The lowest BCUT2D eigenvalue weighted by Crippen LogP contribution is -2.09. The quantitative estimate of drug-likeness (QED) is 0.657. The van der Waals surface area contributed by atoms with Gasteiger partial charge in [-0.1, -0.05) is 0 Å². The molecule has 0 saturated heterocycles. The number of carbonyl (C=O) groups excluding carboxylic acids is 1. The molecule has 0 saturated carbocycles. The van der Waals surface area contributed by atoms with Gasteiger partial charge in [0.1, 0.15) is 11.4 Å². The van der Waals surface area contributed by atoms with Crippen molar-refractivity contribution in [3.8, 4) is 0 Å². The number of carbonyl (C=O) groups is 1. The number of halogens is 2. The van der Waals surface area contributed by atoms with Crippen LogP contribution in [0.25, 0.3) is 0 Å². The summed E-state index contributed by atoms with van der Waals surface area (Å²) in [5.74, 6) is -1.37. The minimum atomic E-state index is -0.718. The fourth-order valence-electron chi connectivity index (χ4n) is 0.959. The second-order valence-corrected chi connectivity index (χ2v) is 3.34. The monoisotopic (exact) mass is 261 g/mol. The van der Waals surface area contributed by atoms with Gasteiger partial charge in [0.15, 0.2) is 0 Å². The molecule has 3 nitrogen and oxygen atoms in total. The van der Waals surface area contributed by atoms with Crippen molar-refractivity contribution in [2.45, 2.75) is 6.92 Å². The molecule has 0 bridgehead atoms. The van der Waals surface area contributed by atoms with E-state index in [1.807, 2.05) is 0 Å². The van der Waals surface area contributed by atoms with Crippen molar-refractivity contribution < 1.29 is 13.9 Å². The summed E-state index contributed by atoms with van der Waals surface area (Å²) < 4.78 is 18.1. The minimum Gasteiger partial charge on any atom is -0.462 e. The Morgan fingerprint density at radius 1 is 1.64 bits per heavy atom. The van der Waals surface area contributed by atoms with Gasteiger partial charge in [-0.2, -0.15) is 0 Å². The smallest absolute Gasteiger partial charge is 0.342 e. The summed E-state index contributed by atoms with van der Waals surface area (Å²) in [4.78, 5) is 11.3. The van der Waals surface area contributed by atoms with Crippen molar-refractivity contribution in [1.82, 2.24) is 0 Å². The Balaban J connectivity index is 3.18. The lowest BCUT2D eigenvalue weighted by Gasteiger charge is -2.07. The van der Waals surface area contributed by atoms with Crippen molar-refractivity contribution in [3.05, 3.63) is 28.0 Å². The van der Waals surface area contributed by atoms with Gasteiger partial charge in [0.25, 0.3) is 0 Å². The van der Waals surface area contributed by atoms with Crippen LogP contribution in [0.5, 0.6) is 0 Å². The van der Waals surface area contributed by atoms with Crippen LogP contribution in [0.15, 0.2) is 16.6 Å². The molecule has 0 atom stereocenters. The van der Waals surface area contributed by atoms with Crippen molar-refractivity contribution >= 4 is 27.6 Å². The average molecular weight is 262 g/mol. The lowest BCUT2D eigenvalue weighted by molar-refractivity contribution is 0.0520. The van der Waals surface area contributed by atoms with Crippen LogP contribution >= 0.6 is 15.9 Å². The highest BCUT2D eigenvalue weighted by Crippen LogP contribution is 2.26. The summed E-state index contributed by atoms with van der Waals surface area (Å²) >= 11 is 3.04. The van der Waals surface area contributed by atoms with E-state index in [1.165, 1.54) is 6.07 Å². The third-order valence-electron chi connectivity index (χ3n) is 1.60. The fourth-order valence-corrected chi connectivity index (χ4v) is 1.44. The standard InChI is InChI=1S/C9H9BrFNO2/c1-2-14-9(13)7-5(11)3-4-6(12)8(7)10/h3-4H,2,12H2,1H3. The van der Waals surface area contributed by atoms with Gasteiger partial charge in [0.2, 0.25) is 0 Å². The second-order valence-electron chi connectivity index (χ2n) is 2.55. The first-order valence-electron chi connectivity index (χ1n) is 3.98. The van der Waals surface area contributed by atoms with Crippen LogP contribution in [0.2, 0.25) is 0 Å². The molecule has 1 aromatic rings. The third kappa shape index (κ3) is 2.04. The highest BCUT2D eigenvalue weighted by Gasteiger charge is 2.18. The maximum atomic E-state index is 13.2. The summed E-state index contributed by atoms with van der Waals surface area (Å²) in [6, 6.07) is 2.51. The van der Waals surface area contributed by atoms with E-state index in [4.69, 9.17) is 5.73 Å². The summed E-state index contributed by atoms with van der Waals surface area (Å²) in [5, 5.41) is 0. The zero-order valence-electron chi connectivity index (χ0n) is 7.51. The molecule has 0 fully saturated rings. The summed E-state index contributed by atoms with van der Waals surface area (Å²) in [6.45, 7) is 1.84. The molecule has 0 aliphatic heterocycles. The van der Waals surface area contributed by atoms with Gasteiger partial charge < -0.3 is 10.5 Å². The summed E-state index contributed by atoms with van der Waals surface area (Å²) in [7, 11) is 0. The highest BCUT2D eigenvalue weighted by molar-refractivity contribution is 9.10. The number of hydrogen-bond donors (Lipinski definition) is 1. The van der Waals surface area contributed by atoms with Gasteiger partial charge in [-0.3, -0.25) is 0 Å². The molecule has 0 amide bonds. The molecule has 0 spiro atoms. The Hall–Kier alpha value is -1.10. The maximum Gasteiger partial charge on any atom is 0.342 e. The molecular weight excluding hydrogens is 253 g/mol. The van der Waals surface area contributed by atoms with E-state index in [1.54, 1.807) is 6.92 Å². The molecule has 1 aromatic carbocycles. The first kappa shape index (κ1) is 11.0. The number of anilines is 1. The lowest BCUT2D eigenvalue weighted by atomic mass is 10.2. The van der Waals surface area contributed by atoms with Crippen LogP contribution in [0.3, 0.4) is 0 Å². The van der Waals surface area contributed by atoms with Crippen LogP contribution in [0.4, 0.5) is 10.1 Å². The van der Waals surface area contributed by atoms with Gasteiger partial charge in [0.05, 0.1) is 11.1 Å². The number of esters is 1. The molecule has 5 heteroatoms. The zero-order valence-corrected chi connectivity index (χ0v) is 9.10. The van der Waals surface area contributed by atoms with Gasteiger partial charge in [0, 0.05) is 5.69 Å². The minimum absolute atomic E-state index is 0.160. The largest absolute Gasteiger partial charge is 0.462 e. The Morgan fingerprint density at radius 3 is 2.86 bits per heavy atom. The number of rotatable bonds is 2. The third-order valence-corrected chi connectivity index (χ3v) is 2.45. The molecular formula is C9H9BrFNO2. The van der Waals surface area contributed by atoms with Crippen LogP contribution in [0, 0.1) is 5.82 Å². The van der Waals surface area contributed by atoms with E-state index < -0.39 is 11.8 Å². The van der Waals surface area contributed by atoms with E-state index in [-0.39, 0.29) is 16.6 Å². The zero-order chi connectivity index (χ0) is 10.7.